The summed E-state index contributed by atoms with van der Waals surface area (Å²) >= 11 is 0. The van der Waals surface area contributed by atoms with Crippen LogP contribution in [0.15, 0.2) is 12.2 Å². The quantitative estimate of drug-likeness (QED) is 0.0247. The molecule has 316 valence electrons. The molecule has 0 saturated heterocycles. The number of nitrogens with zero attached hydrogens (tertiary/aromatic N) is 1. The second-order valence-corrected chi connectivity index (χ2v) is 18.2. The van der Waals surface area contributed by atoms with Gasteiger partial charge in [0.1, 0.15) is 13.2 Å². The van der Waals surface area contributed by atoms with E-state index in [0.717, 1.165) is 32.1 Å². The number of quaternary nitrogens is 1. The van der Waals surface area contributed by atoms with Crippen LogP contribution in [0.1, 0.15) is 213 Å². The molecule has 0 aliphatic carbocycles. The number of aliphatic hydroxyl groups is 1. The summed E-state index contributed by atoms with van der Waals surface area (Å²) in [6.45, 7) is 4.83. The van der Waals surface area contributed by atoms with Gasteiger partial charge in [-0.2, -0.15) is 0 Å². The Morgan fingerprint density at radius 2 is 1.00 bits per heavy atom. The molecule has 0 aliphatic heterocycles. The lowest BCUT2D eigenvalue weighted by Gasteiger charge is -2.25. The second-order valence-electron chi connectivity index (χ2n) is 16.8. The number of amides is 1. The maximum atomic E-state index is 12.8. The fourth-order valence-electron chi connectivity index (χ4n) is 6.63. The predicted molar refractivity (Wildman–Crippen MR) is 226 cm³/mol. The summed E-state index contributed by atoms with van der Waals surface area (Å²) in [5.41, 5.74) is 0. The van der Waals surface area contributed by atoms with Crippen molar-refractivity contribution < 1.29 is 32.9 Å². The molecule has 1 amide bonds. The molecule has 0 rings (SSSR count). The molecule has 0 aromatic heterocycles. The van der Waals surface area contributed by atoms with E-state index in [9.17, 15) is 19.4 Å². The van der Waals surface area contributed by atoms with Gasteiger partial charge in [0, 0.05) is 6.42 Å². The minimum Gasteiger partial charge on any atom is -0.387 e. The molecule has 0 saturated carbocycles. The van der Waals surface area contributed by atoms with Crippen molar-refractivity contribution in [1.82, 2.24) is 5.32 Å². The van der Waals surface area contributed by atoms with Crippen LogP contribution in [0, 0.1) is 0 Å². The lowest BCUT2D eigenvalue weighted by atomic mass is 10.0. The van der Waals surface area contributed by atoms with Gasteiger partial charge < -0.3 is 19.8 Å². The summed E-state index contributed by atoms with van der Waals surface area (Å²) in [7, 11) is 1.58. The number of hydrogen-bond donors (Lipinski definition) is 3. The van der Waals surface area contributed by atoms with Gasteiger partial charge in [-0.25, -0.2) is 4.57 Å². The maximum Gasteiger partial charge on any atom is 0.472 e. The molecular weight excluding hydrogens is 683 g/mol. The molecular formula is C44H90N2O6P+. The van der Waals surface area contributed by atoms with E-state index in [1.807, 2.05) is 27.2 Å². The first-order valence-electron chi connectivity index (χ1n) is 22.6. The van der Waals surface area contributed by atoms with Gasteiger partial charge in [0.05, 0.1) is 39.9 Å². The molecule has 9 heteroatoms. The normalized spacial score (nSPS) is 14.5. The number of unbranched alkanes of at least 4 members (excludes halogenated alkanes) is 28. The van der Waals surface area contributed by atoms with Gasteiger partial charge in [0.2, 0.25) is 5.91 Å². The van der Waals surface area contributed by atoms with Crippen molar-refractivity contribution in [3.63, 3.8) is 0 Å². The summed E-state index contributed by atoms with van der Waals surface area (Å²) < 4.78 is 23.6. The number of carbonyl (C=O) groups is 1. The van der Waals surface area contributed by atoms with Crippen LogP contribution in [0.3, 0.4) is 0 Å². The molecule has 0 aromatic carbocycles. The van der Waals surface area contributed by atoms with Crippen LogP contribution in [-0.2, 0) is 18.4 Å². The van der Waals surface area contributed by atoms with E-state index in [2.05, 4.69) is 19.2 Å². The van der Waals surface area contributed by atoms with E-state index in [4.69, 9.17) is 9.05 Å². The van der Waals surface area contributed by atoms with Gasteiger partial charge in [-0.1, -0.05) is 199 Å². The zero-order valence-corrected chi connectivity index (χ0v) is 36.7. The van der Waals surface area contributed by atoms with Crippen LogP contribution >= 0.6 is 7.82 Å². The Bertz CT molecular complexity index is 880. The van der Waals surface area contributed by atoms with Crippen molar-refractivity contribution >= 4 is 13.7 Å². The van der Waals surface area contributed by atoms with Crippen LogP contribution in [0.4, 0.5) is 0 Å². The number of rotatable bonds is 41. The molecule has 0 bridgehead atoms. The van der Waals surface area contributed by atoms with Crippen LogP contribution < -0.4 is 5.32 Å². The molecule has 0 radical (unpaired) electrons. The number of aliphatic hydroxyl groups excluding tert-OH is 1. The minimum absolute atomic E-state index is 0.0646. The van der Waals surface area contributed by atoms with Gasteiger partial charge in [-0.15, -0.1) is 0 Å². The lowest BCUT2D eigenvalue weighted by molar-refractivity contribution is -0.870. The van der Waals surface area contributed by atoms with E-state index < -0.39 is 20.0 Å². The van der Waals surface area contributed by atoms with E-state index in [0.29, 0.717) is 17.4 Å². The monoisotopic (exact) mass is 774 g/mol. The highest BCUT2D eigenvalue weighted by molar-refractivity contribution is 7.47. The Balaban J connectivity index is 4.40. The first kappa shape index (κ1) is 52.2. The van der Waals surface area contributed by atoms with Crippen LogP contribution in [0.5, 0.6) is 0 Å². The third-order valence-electron chi connectivity index (χ3n) is 10.3. The molecule has 1 unspecified atom stereocenters. The molecule has 0 fully saturated rings. The average Bonchev–Trinajstić information content (AvgIpc) is 3.10. The van der Waals surface area contributed by atoms with Gasteiger partial charge in [0.15, 0.2) is 0 Å². The molecule has 0 aromatic rings. The highest BCUT2D eigenvalue weighted by Gasteiger charge is 2.27. The summed E-state index contributed by atoms with van der Waals surface area (Å²) in [6, 6.07) is -0.839. The number of phosphoric ester groups is 1. The summed E-state index contributed by atoms with van der Waals surface area (Å²) in [5, 5.41) is 13.8. The fraction of sp³-hybridized carbons (Fsp3) is 0.932. The van der Waals surface area contributed by atoms with Crippen molar-refractivity contribution in [2.24, 2.45) is 0 Å². The van der Waals surface area contributed by atoms with Gasteiger partial charge in [-0.05, 0) is 19.3 Å². The number of carbonyl (C=O) groups excluding carboxylic acids is 1. The predicted octanol–water partition coefficient (Wildman–Crippen LogP) is 12.4. The number of phosphoric acid groups is 1. The molecule has 0 spiro atoms. The number of likely N-dealkylation sites (N-methyl/N-ethyl adjacent to an activating group) is 1. The van der Waals surface area contributed by atoms with Crippen molar-refractivity contribution in [3.05, 3.63) is 12.2 Å². The van der Waals surface area contributed by atoms with E-state index in [-0.39, 0.29) is 19.1 Å². The minimum atomic E-state index is -4.33. The second kappa shape index (κ2) is 36.9. The molecule has 53 heavy (non-hydrogen) atoms. The van der Waals surface area contributed by atoms with Crippen molar-refractivity contribution in [1.29, 1.82) is 0 Å². The van der Waals surface area contributed by atoms with Crippen LogP contribution in [-0.4, -0.2) is 73.4 Å². The Morgan fingerprint density at radius 3 is 1.40 bits per heavy atom. The SMILES string of the molecule is CCCCCCCCCCCCCCCCC/C=C/[C@@H](O)[C@H](COP(=O)(O)OCC[N+](C)(C)C)NC(=O)CCCCCCCCCCCCCCCC. The largest absolute Gasteiger partial charge is 0.472 e. The summed E-state index contributed by atoms with van der Waals surface area (Å²) in [5.74, 6) is -0.175. The zero-order chi connectivity index (χ0) is 39.3. The Labute approximate surface area is 329 Å². The molecule has 0 heterocycles. The van der Waals surface area contributed by atoms with E-state index in [1.54, 1.807) is 6.08 Å². The van der Waals surface area contributed by atoms with Gasteiger partial charge in [0.25, 0.3) is 0 Å². The highest BCUT2D eigenvalue weighted by Crippen LogP contribution is 2.43. The molecule has 3 atom stereocenters. The smallest absolute Gasteiger partial charge is 0.387 e. The Hall–Kier alpha value is -0.760. The summed E-state index contributed by atoms with van der Waals surface area (Å²) in [6.07, 6.45) is 41.3. The van der Waals surface area contributed by atoms with Crippen LogP contribution in [0.2, 0.25) is 0 Å². The zero-order valence-electron chi connectivity index (χ0n) is 35.8. The first-order valence-corrected chi connectivity index (χ1v) is 24.1. The standard InChI is InChI=1S/C44H89N2O6P/c1-6-8-10-12-14-16-18-20-22-23-24-25-27-29-31-33-35-37-43(47)42(41-52-53(49,50)51-40-39-46(3,4)5)45-44(48)38-36-34-32-30-28-26-21-19-17-15-13-11-9-7-2/h35,37,42-43,47H,6-34,36,38-41H2,1-5H3,(H-,45,48,49,50)/p+1/b37-35+/t42-,43+/m0/s1. The molecule has 3 N–H and O–H groups in total. The average molecular weight is 774 g/mol. The topological polar surface area (TPSA) is 105 Å². The van der Waals surface area contributed by atoms with Gasteiger partial charge >= 0.3 is 7.82 Å². The Kier molecular flexibility index (Phi) is 36.3. The summed E-state index contributed by atoms with van der Waals surface area (Å²) in [4.78, 5) is 23.1. The highest BCUT2D eigenvalue weighted by atomic mass is 31.2. The van der Waals surface area contributed by atoms with Crippen molar-refractivity contribution in [2.45, 2.75) is 225 Å². The lowest BCUT2D eigenvalue weighted by Crippen LogP contribution is -2.45. The van der Waals surface area contributed by atoms with Crippen LogP contribution in [0.25, 0.3) is 0 Å². The fourth-order valence-corrected chi connectivity index (χ4v) is 7.37. The first-order chi connectivity index (χ1) is 25.5. The van der Waals surface area contributed by atoms with E-state index >= 15 is 0 Å². The number of allylic oxidation sites excluding steroid dienone is 1. The number of hydrogen-bond acceptors (Lipinski definition) is 5. The van der Waals surface area contributed by atoms with Gasteiger partial charge in [-0.3, -0.25) is 13.8 Å². The molecule has 8 nitrogen and oxygen atoms in total. The third-order valence-corrected chi connectivity index (χ3v) is 11.2. The maximum absolute atomic E-state index is 12.8. The molecule has 0 aliphatic rings. The van der Waals surface area contributed by atoms with Crippen molar-refractivity contribution in [3.8, 4) is 0 Å². The number of nitrogens with one attached hydrogen (secondary N) is 1. The van der Waals surface area contributed by atoms with Crippen molar-refractivity contribution in [2.75, 3.05) is 40.9 Å². The third kappa shape index (κ3) is 39.3. The van der Waals surface area contributed by atoms with E-state index in [1.165, 1.54) is 161 Å². The Morgan fingerprint density at radius 1 is 0.623 bits per heavy atom.